The van der Waals surface area contributed by atoms with Crippen molar-refractivity contribution in [3.63, 3.8) is 0 Å². The maximum atomic E-state index is 12.3. The molecule has 4 heteroatoms. The summed E-state index contributed by atoms with van der Waals surface area (Å²) in [7, 11) is 0. The predicted octanol–water partition coefficient (Wildman–Crippen LogP) is 3.46. The monoisotopic (exact) mass is 342 g/mol. The van der Waals surface area contributed by atoms with Crippen molar-refractivity contribution in [1.29, 1.82) is 0 Å². The second kappa shape index (κ2) is 6.34. The molecule has 6 atom stereocenters. The summed E-state index contributed by atoms with van der Waals surface area (Å²) in [5.74, 6) is -0.0932. The van der Waals surface area contributed by atoms with Gasteiger partial charge in [-0.25, -0.2) is 4.79 Å². The predicted molar refractivity (Wildman–Crippen MR) is 96.5 cm³/mol. The van der Waals surface area contributed by atoms with Crippen molar-refractivity contribution in [2.45, 2.75) is 44.5 Å². The van der Waals surface area contributed by atoms with Gasteiger partial charge in [-0.05, 0) is 29.9 Å². The van der Waals surface area contributed by atoms with Crippen LogP contribution in [0.2, 0.25) is 0 Å². The van der Waals surface area contributed by atoms with Crippen molar-refractivity contribution in [3.8, 4) is 0 Å². The SMILES string of the molecule is C=C(CC)C(=O)OC1CC(=C)C2CC(O)C(=C)C2C2OC(=C)C(=C)C12. The highest BCUT2D eigenvalue weighted by atomic mass is 16.6. The highest BCUT2D eigenvalue weighted by Gasteiger charge is 2.55. The first kappa shape index (κ1) is 17.7. The molecule has 1 aliphatic heterocycles. The second-order valence-electron chi connectivity index (χ2n) is 7.28. The van der Waals surface area contributed by atoms with Crippen LogP contribution >= 0.6 is 0 Å². The molecule has 1 heterocycles. The first-order valence-corrected chi connectivity index (χ1v) is 8.74. The Labute approximate surface area is 149 Å². The molecule has 0 amide bonds. The number of rotatable bonds is 3. The van der Waals surface area contributed by atoms with E-state index < -0.39 is 18.2 Å². The van der Waals surface area contributed by atoms with Crippen LogP contribution in [0.25, 0.3) is 0 Å². The van der Waals surface area contributed by atoms with E-state index in [1.54, 1.807) is 0 Å². The highest BCUT2D eigenvalue weighted by Crippen LogP contribution is 2.54. The van der Waals surface area contributed by atoms with Crippen LogP contribution in [-0.2, 0) is 14.3 Å². The largest absolute Gasteiger partial charge is 0.489 e. The normalized spacial score (nSPS) is 37.2. The molecule has 0 aromatic carbocycles. The van der Waals surface area contributed by atoms with Crippen LogP contribution in [0.1, 0.15) is 26.2 Å². The van der Waals surface area contributed by atoms with Crippen molar-refractivity contribution in [2.75, 3.05) is 0 Å². The quantitative estimate of drug-likeness (QED) is 0.485. The molecule has 0 spiro atoms. The number of aliphatic hydroxyl groups excluding tert-OH is 1. The minimum Gasteiger partial charge on any atom is -0.489 e. The first-order chi connectivity index (χ1) is 11.8. The molecule has 0 radical (unpaired) electrons. The zero-order chi connectivity index (χ0) is 18.5. The fraction of sp³-hybridized carbons (Fsp3) is 0.476. The van der Waals surface area contributed by atoms with Crippen molar-refractivity contribution >= 4 is 5.97 Å². The molecular weight excluding hydrogens is 316 g/mol. The highest BCUT2D eigenvalue weighted by molar-refractivity contribution is 5.87. The Balaban J connectivity index is 1.96. The van der Waals surface area contributed by atoms with Gasteiger partial charge >= 0.3 is 5.97 Å². The molecule has 3 fully saturated rings. The number of carbonyl (C=O) groups is 1. The zero-order valence-corrected chi connectivity index (χ0v) is 14.8. The Bertz CT molecular complexity index is 686. The minimum absolute atomic E-state index is 0.0618. The van der Waals surface area contributed by atoms with E-state index in [9.17, 15) is 9.90 Å². The van der Waals surface area contributed by atoms with Gasteiger partial charge in [0.05, 0.1) is 12.0 Å². The van der Waals surface area contributed by atoms with Gasteiger partial charge in [-0.2, -0.15) is 0 Å². The Hall–Kier alpha value is -2.07. The van der Waals surface area contributed by atoms with Gasteiger partial charge in [-0.3, -0.25) is 0 Å². The summed E-state index contributed by atoms with van der Waals surface area (Å²) in [6, 6.07) is 0. The Kier molecular flexibility index (Phi) is 4.50. The van der Waals surface area contributed by atoms with Crippen molar-refractivity contribution in [3.05, 3.63) is 60.9 Å². The molecule has 1 N–H and O–H groups in total. The number of ether oxygens (including phenoxy) is 2. The molecule has 6 unspecified atom stereocenters. The van der Waals surface area contributed by atoms with E-state index in [4.69, 9.17) is 9.47 Å². The van der Waals surface area contributed by atoms with Gasteiger partial charge in [0, 0.05) is 17.9 Å². The summed E-state index contributed by atoms with van der Waals surface area (Å²) in [6.45, 7) is 22.0. The van der Waals surface area contributed by atoms with Crippen molar-refractivity contribution < 1.29 is 19.4 Å². The fourth-order valence-electron chi connectivity index (χ4n) is 4.33. The van der Waals surface area contributed by atoms with Gasteiger partial charge in [0.15, 0.2) is 0 Å². The van der Waals surface area contributed by atoms with E-state index in [1.165, 1.54) is 0 Å². The summed E-state index contributed by atoms with van der Waals surface area (Å²) in [5, 5.41) is 10.3. The Morgan fingerprint density at radius 2 is 1.96 bits per heavy atom. The molecule has 3 aliphatic rings. The molecule has 3 rings (SSSR count). The minimum atomic E-state index is -0.558. The molecule has 0 aromatic rings. The zero-order valence-electron chi connectivity index (χ0n) is 14.8. The molecule has 0 bridgehead atoms. The smallest absolute Gasteiger partial charge is 0.333 e. The first-order valence-electron chi connectivity index (χ1n) is 8.74. The molecule has 134 valence electrons. The summed E-state index contributed by atoms with van der Waals surface area (Å²) < 4.78 is 11.8. The lowest BCUT2D eigenvalue weighted by Crippen LogP contribution is -2.36. The molecular formula is C21H26O4. The van der Waals surface area contributed by atoms with Crippen molar-refractivity contribution in [1.82, 2.24) is 0 Å². The maximum absolute atomic E-state index is 12.3. The molecule has 1 saturated heterocycles. The van der Waals surface area contributed by atoms with Gasteiger partial charge in [0.25, 0.3) is 0 Å². The third-order valence-corrected chi connectivity index (χ3v) is 5.88. The molecule has 25 heavy (non-hydrogen) atoms. The van der Waals surface area contributed by atoms with Crippen LogP contribution in [0.3, 0.4) is 0 Å². The maximum Gasteiger partial charge on any atom is 0.333 e. The second-order valence-corrected chi connectivity index (χ2v) is 7.28. The average Bonchev–Trinajstić information content (AvgIpc) is 2.99. The summed E-state index contributed by atoms with van der Waals surface area (Å²) >= 11 is 0. The molecule has 0 aromatic heterocycles. The topological polar surface area (TPSA) is 55.8 Å². The van der Waals surface area contributed by atoms with Crippen LogP contribution in [0.4, 0.5) is 0 Å². The fourth-order valence-corrected chi connectivity index (χ4v) is 4.33. The lowest BCUT2D eigenvalue weighted by atomic mass is 9.81. The number of hydrogen-bond acceptors (Lipinski definition) is 4. The molecule has 4 nitrogen and oxygen atoms in total. The van der Waals surface area contributed by atoms with Gasteiger partial charge in [0.2, 0.25) is 0 Å². The van der Waals surface area contributed by atoms with E-state index in [0.717, 1.165) is 16.7 Å². The van der Waals surface area contributed by atoms with E-state index in [1.807, 2.05) is 6.92 Å². The third kappa shape index (κ3) is 2.78. The lowest BCUT2D eigenvalue weighted by molar-refractivity contribution is -0.147. The molecule has 2 aliphatic carbocycles. The Morgan fingerprint density at radius 1 is 1.28 bits per heavy atom. The number of fused-ring (bicyclic) bond motifs is 3. The third-order valence-electron chi connectivity index (χ3n) is 5.88. The van der Waals surface area contributed by atoms with Gasteiger partial charge in [-0.15, -0.1) is 0 Å². The van der Waals surface area contributed by atoms with E-state index in [0.29, 0.717) is 30.6 Å². The van der Waals surface area contributed by atoms with Gasteiger partial charge in [0.1, 0.15) is 18.0 Å². The number of esters is 1. The van der Waals surface area contributed by atoms with Crippen LogP contribution < -0.4 is 0 Å². The van der Waals surface area contributed by atoms with Crippen molar-refractivity contribution in [2.24, 2.45) is 17.8 Å². The van der Waals surface area contributed by atoms with E-state index in [-0.39, 0.29) is 23.9 Å². The van der Waals surface area contributed by atoms with Crippen LogP contribution in [0.5, 0.6) is 0 Å². The standard InChI is InChI=1S/C21H26O4/c1-7-10(2)21(23)25-17-8-11(3)15-9-16(22)13(5)18(15)20-19(17)12(4)14(6)24-20/h15-20,22H,2-9H2,1H3. The van der Waals surface area contributed by atoms with Crippen LogP contribution in [-0.4, -0.2) is 29.4 Å². The van der Waals surface area contributed by atoms with Crippen LogP contribution in [0.15, 0.2) is 60.9 Å². The molecule has 2 saturated carbocycles. The van der Waals surface area contributed by atoms with Gasteiger partial charge in [-0.1, -0.05) is 45.4 Å². The van der Waals surface area contributed by atoms with Crippen LogP contribution in [0, 0.1) is 17.8 Å². The lowest BCUT2D eigenvalue weighted by Gasteiger charge is -2.28. The van der Waals surface area contributed by atoms with Gasteiger partial charge < -0.3 is 14.6 Å². The summed E-state index contributed by atoms with van der Waals surface area (Å²) in [4.78, 5) is 12.3. The summed E-state index contributed by atoms with van der Waals surface area (Å²) in [6.07, 6.45) is 0.366. The number of aliphatic hydroxyl groups is 1. The summed E-state index contributed by atoms with van der Waals surface area (Å²) in [5.41, 5.74) is 2.90. The number of hydrogen-bond donors (Lipinski definition) is 1. The Morgan fingerprint density at radius 3 is 2.60 bits per heavy atom. The number of allylic oxidation sites excluding steroid dienone is 1. The van der Waals surface area contributed by atoms with E-state index in [2.05, 4.69) is 32.9 Å². The average molecular weight is 342 g/mol. The number of carbonyl (C=O) groups excluding carboxylic acids is 1. The van der Waals surface area contributed by atoms with E-state index >= 15 is 0 Å².